The quantitative estimate of drug-likeness (QED) is 0.435. The summed E-state index contributed by atoms with van der Waals surface area (Å²) in [7, 11) is 0. The second-order valence-electron chi connectivity index (χ2n) is 7.46. The van der Waals surface area contributed by atoms with Crippen molar-refractivity contribution in [2.45, 2.75) is 45.1 Å². The van der Waals surface area contributed by atoms with Crippen LogP contribution in [0, 0.1) is 0 Å². The molecule has 0 saturated heterocycles. The number of carbonyl (C=O) groups excluding carboxylic acids is 2. The predicted molar refractivity (Wildman–Crippen MR) is 114 cm³/mol. The second-order valence-corrected chi connectivity index (χ2v) is 8.38. The third-order valence-corrected chi connectivity index (χ3v) is 6.35. The Labute approximate surface area is 191 Å². The summed E-state index contributed by atoms with van der Waals surface area (Å²) in [5, 5.41) is 6.89. The van der Waals surface area contributed by atoms with E-state index in [2.05, 4.69) is 31.1 Å². The highest BCUT2D eigenvalue weighted by atomic mass is 79.9. The Balaban J connectivity index is 1.64. The molecule has 3 aromatic rings. The van der Waals surface area contributed by atoms with Crippen LogP contribution < -0.4 is 0 Å². The van der Waals surface area contributed by atoms with Gasteiger partial charge in [-0.25, -0.2) is 0 Å². The minimum absolute atomic E-state index is 0.0126. The van der Waals surface area contributed by atoms with E-state index in [0.29, 0.717) is 29.7 Å². The topological polar surface area (TPSA) is 89.2 Å². The summed E-state index contributed by atoms with van der Waals surface area (Å²) in [5.41, 5.74) is 1.25. The molecule has 1 aliphatic rings. The van der Waals surface area contributed by atoms with E-state index in [1.165, 1.54) is 11.1 Å². The molecule has 0 fully saturated rings. The zero-order chi connectivity index (χ0) is 23.0. The molecule has 0 N–H and O–H groups in total. The normalized spacial score (nSPS) is 15.4. The van der Waals surface area contributed by atoms with Crippen molar-refractivity contribution in [3.8, 4) is 11.5 Å². The Morgan fingerprint density at radius 2 is 1.88 bits per heavy atom. The first kappa shape index (κ1) is 22.2. The van der Waals surface area contributed by atoms with Gasteiger partial charge in [-0.1, -0.05) is 29.8 Å². The zero-order valence-corrected chi connectivity index (χ0v) is 18.9. The van der Waals surface area contributed by atoms with E-state index in [4.69, 9.17) is 4.42 Å². The fourth-order valence-electron chi connectivity index (χ4n) is 4.03. The van der Waals surface area contributed by atoms with Gasteiger partial charge in [0.15, 0.2) is 0 Å². The molecule has 0 unspecified atom stereocenters. The Kier molecular flexibility index (Phi) is 5.89. The lowest BCUT2D eigenvalue weighted by Crippen LogP contribution is -2.53. The lowest BCUT2D eigenvalue weighted by Gasteiger charge is -2.41. The summed E-state index contributed by atoms with van der Waals surface area (Å²) in [6.07, 6.45) is -0.382. The van der Waals surface area contributed by atoms with Crippen LogP contribution in [0.5, 0.6) is 0 Å². The summed E-state index contributed by atoms with van der Waals surface area (Å²) in [6.45, 7) is 3.86. The van der Waals surface area contributed by atoms with Gasteiger partial charge in [-0.2, -0.15) is 8.78 Å². The number of alkyl halides is 2. The highest BCUT2D eigenvalue weighted by Gasteiger charge is 2.48. The number of fused-ring (bicyclic) bond motifs is 1. The van der Waals surface area contributed by atoms with Crippen molar-refractivity contribution < 1.29 is 22.8 Å². The van der Waals surface area contributed by atoms with Gasteiger partial charge in [-0.15, -0.1) is 10.2 Å². The first-order chi connectivity index (χ1) is 15.3. The van der Waals surface area contributed by atoms with Crippen molar-refractivity contribution in [3.05, 3.63) is 63.7 Å². The maximum absolute atomic E-state index is 13.5. The number of amides is 2. The van der Waals surface area contributed by atoms with Crippen LogP contribution >= 0.6 is 15.9 Å². The first-order valence-corrected chi connectivity index (χ1v) is 10.8. The van der Waals surface area contributed by atoms with Crippen LogP contribution in [0.1, 0.15) is 60.6 Å². The molecule has 4 rings (SSSR count). The van der Waals surface area contributed by atoms with Gasteiger partial charge in [-0.05, 0) is 48.7 Å². The van der Waals surface area contributed by atoms with E-state index in [1.807, 2.05) is 19.9 Å². The van der Waals surface area contributed by atoms with Crippen molar-refractivity contribution in [1.29, 1.82) is 0 Å². The van der Waals surface area contributed by atoms with Crippen LogP contribution in [-0.2, 0) is 16.8 Å². The first-order valence-electron chi connectivity index (χ1n) is 10.0. The lowest BCUT2D eigenvalue weighted by atomic mass is 9.70. The highest BCUT2D eigenvalue weighted by molar-refractivity contribution is 9.10. The Morgan fingerprint density at radius 3 is 2.47 bits per heavy atom. The summed E-state index contributed by atoms with van der Waals surface area (Å²) in [6, 6.07) is 8.53. The smallest absolute Gasteiger partial charge is 0.314 e. The minimum Gasteiger partial charge on any atom is -0.415 e. The van der Waals surface area contributed by atoms with Crippen molar-refractivity contribution in [2.75, 3.05) is 0 Å². The molecular formula is C22H19BrF2N4O3. The summed E-state index contributed by atoms with van der Waals surface area (Å²) in [4.78, 5) is 32.2. The van der Waals surface area contributed by atoms with Crippen molar-refractivity contribution in [1.82, 2.24) is 20.1 Å². The Hall–Kier alpha value is -3.01. The van der Waals surface area contributed by atoms with Crippen LogP contribution in [0.15, 0.2) is 45.4 Å². The molecule has 0 saturated carbocycles. The van der Waals surface area contributed by atoms with E-state index in [-0.39, 0.29) is 24.2 Å². The minimum atomic E-state index is -2.86. The Bertz CT molecular complexity index is 1180. The summed E-state index contributed by atoms with van der Waals surface area (Å²) in [5.74, 6) is -1.49. The van der Waals surface area contributed by atoms with Gasteiger partial charge >= 0.3 is 6.43 Å². The molecule has 1 aliphatic heterocycles. The number of hydrogen-bond donors (Lipinski definition) is 0. The largest absolute Gasteiger partial charge is 0.415 e. The molecule has 2 amide bonds. The van der Waals surface area contributed by atoms with E-state index in [9.17, 15) is 18.4 Å². The number of halogens is 3. The highest BCUT2D eigenvalue weighted by Crippen LogP contribution is 2.41. The molecule has 1 aromatic carbocycles. The number of imide groups is 1. The number of nitrogens with zero attached hydrogens (tertiary/aromatic N) is 4. The third-order valence-electron chi connectivity index (χ3n) is 5.85. The standard InChI is InChI=1S/C22H19BrF2N4O3/c1-3-22(4-2)16-9-13(23)6-8-15(16)20(30)29(21(22)31)11-14-7-5-12(10-26-14)18-27-28-19(32-18)17(24)25/h5-10,17H,3-4,11H2,1-2H3. The fourth-order valence-corrected chi connectivity index (χ4v) is 4.39. The average Bonchev–Trinajstić information content (AvgIpc) is 3.29. The molecule has 10 heteroatoms. The number of pyridine rings is 1. The number of benzene rings is 1. The van der Waals surface area contributed by atoms with Gasteiger partial charge in [0.1, 0.15) is 0 Å². The molecule has 0 bridgehead atoms. The SMILES string of the molecule is CCC1(CC)C(=O)N(Cc2ccc(-c3nnc(C(F)F)o3)cn2)C(=O)c2ccc(Br)cc21. The van der Waals surface area contributed by atoms with Crippen molar-refractivity contribution in [2.24, 2.45) is 0 Å². The third kappa shape index (κ3) is 3.62. The molecule has 166 valence electrons. The lowest BCUT2D eigenvalue weighted by molar-refractivity contribution is -0.136. The van der Waals surface area contributed by atoms with Crippen LogP contribution in [0.4, 0.5) is 8.78 Å². The van der Waals surface area contributed by atoms with Crippen LogP contribution in [-0.4, -0.2) is 31.9 Å². The van der Waals surface area contributed by atoms with E-state index >= 15 is 0 Å². The predicted octanol–water partition coefficient (Wildman–Crippen LogP) is 5.07. The summed E-state index contributed by atoms with van der Waals surface area (Å²) < 4.78 is 31.1. The summed E-state index contributed by atoms with van der Waals surface area (Å²) >= 11 is 3.44. The molecular weight excluding hydrogens is 486 g/mol. The fraction of sp³-hybridized carbons (Fsp3) is 0.318. The molecule has 32 heavy (non-hydrogen) atoms. The van der Waals surface area contributed by atoms with Crippen LogP contribution in [0.25, 0.3) is 11.5 Å². The average molecular weight is 505 g/mol. The van der Waals surface area contributed by atoms with E-state index < -0.39 is 17.7 Å². The van der Waals surface area contributed by atoms with Gasteiger partial charge in [0, 0.05) is 16.2 Å². The second kappa shape index (κ2) is 8.50. The van der Waals surface area contributed by atoms with Gasteiger partial charge in [0.25, 0.3) is 11.8 Å². The zero-order valence-electron chi connectivity index (χ0n) is 17.3. The van der Waals surface area contributed by atoms with Crippen molar-refractivity contribution >= 4 is 27.7 Å². The van der Waals surface area contributed by atoms with Crippen molar-refractivity contribution in [3.63, 3.8) is 0 Å². The molecule has 2 aromatic heterocycles. The Morgan fingerprint density at radius 1 is 1.12 bits per heavy atom. The molecule has 3 heterocycles. The molecule has 0 aliphatic carbocycles. The molecule has 7 nitrogen and oxygen atoms in total. The number of rotatable bonds is 6. The van der Waals surface area contributed by atoms with Gasteiger partial charge < -0.3 is 4.42 Å². The molecule has 0 atom stereocenters. The van der Waals surface area contributed by atoms with Gasteiger partial charge in [-0.3, -0.25) is 19.5 Å². The van der Waals surface area contributed by atoms with Gasteiger partial charge in [0.05, 0.1) is 23.2 Å². The maximum Gasteiger partial charge on any atom is 0.314 e. The molecule has 0 spiro atoms. The molecule has 0 radical (unpaired) electrons. The maximum atomic E-state index is 13.5. The number of hydrogen-bond acceptors (Lipinski definition) is 6. The number of aromatic nitrogens is 3. The van der Waals surface area contributed by atoms with Crippen LogP contribution in [0.3, 0.4) is 0 Å². The monoisotopic (exact) mass is 504 g/mol. The van der Waals surface area contributed by atoms with Gasteiger partial charge in [0.2, 0.25) is 11.8 Å². The van der Waals surface area contributed by atoms with E-state index in [1.54, 1.807) is 24.3 Å². The van der Waals surface area contributed by atoms with E-state index in [0.717, 1.165) is 10.0 Å². The number of carbonyl (C=O) groups is 2. The van der Waals surface area contributed by atoms with Crippen LogP contribution in [0.2, 0.25) is 0 Å².